The van der Waals surface area contributed by atoms with E-state index in [4.69, 9.17) is 0 Å². The fourth-order valence-electron chi connectivity index (χ4n) is 0.440. The average Bonchev–Trinajstić information content (AvgIpc) is 1.91. The summed E-state index contributed by atoms with van der Waals surface area (Å²) in [5.41, 5.74) is 1.06. The van der Waals surface area contributed by atoms with Crippen molar-refractivity contribution in [3.63, 3.8) is 0 Å². The Hall–Kier alpha value is -0.725. The summed E-state index contributed by atoms with van der Waals surface area (Å²) in [6.45, 7) is 0. The van der Waals surface area contributed by atoms with Crippen LogP contribution in [0.15, 0.2) is 12.4 Å². The second kappa shape index (κ2) is 1.41. The zero-order chi connectivity index (χ0) is 5.28. The summed E-state index contributed by atoms with van der Waals surface area (Å²) in [4.78, 5) is 3.98. The number of hydrogen-bond donors (Lipinski definition) is 0. The van der Waals surface area contributed by atoms with E-state index in [-0.39, 0.29) is 0 Å². The molecule has 0 fully saturated rings. The summed E-state index contributed by atoms with van der Waals surface area (Å²) in [6.07, 6.45) is 3.71. The van der Waals surface area contributed by atoms with Crippen molar-refractivity contribution >= 4 is 13.6 Å². The van der Waals surface area contributed by atoms with Crippen LogP contribution in [-0.2, 0) is 7.05 Å². The van der Waals surface area contributed by atoms with Crippen molar-refractivity contribution < 1.29 is 0 Å². The Balaban J connectivity index is 3.12. The summed E-state index contributed by atoms with van der Waals surface area (Å²) in [7, 11) is 3.95. The second-order valence-corrected chi connectivity index (χ2v) is 1.59. The molecule has 0 amide bonds. The molecule has 7 heavy (non-hydrogen) atoms. The first-order valence-corrected chi connectivity index (χ1v) is 2.24. The lowest BCUT2D eigenvalue weighted by atomic mass is 10.1. The monoisotopic (exact) mass is 94.1 g/mol. The fraction of sp³-hybridized carbons (Fsp3) is 0.250. The van der Waals surface area contributed by atoms with E-state index < -0.39 is 0 Å². The Morgan fingerprint density at radius 3 is 2.71 bits per heavy atom. The molecule has 0 radical (unpaired) electrons. The third-order valence-corrected chi connectivity index (χ3v) is 1.06. The lowest BCUT2D eigenvalue weighted by molar-refractivity contribution is 0.951. The van der Waals surface area contributed by atoms with Crippen molar-refractivity contribution in [2.75, 3.05) is 0 Å². The van der Waals surface area contributed by atoms with Crippen molar-refractivity contribution in [1.29, 1.82) is 0 Å². The SMILES string of the molecule is Bc1nccn1C. The zero-order valence-electron chi connectivity index (χ0n) is 4.55. The van der Waals surface area contributed by atoms with Crippen LogP contribution in [0.1, 0.15) is 0 Å². The molecule has 36 valence electrons. The van der Waals surface area contributed by atoms with Gasteiger partial charge in [-0.05, 0) is 0 Å². The molecule has 0 aliphatic rings. The molecular formula is C4H7BN2. The van der Waals surface area contributed by atoms with Gasteiger partial charge in [0.1, 0.15) is 0 Å². The number of rotatable bonds is 0. The molecule has 0 atom stereocenters. The Kier molecular flexibility index (Phi) is 0.892. The van der Waals surface area contributed by atoms with Gasteiger partial charge in [-0.3, -0.25) is 4.98 Å². The summed E-state index contributed by atoms with van der Waals surface area (Å²) in [5, 5.41) is 0. The maximum Gasteiger partial charge on any atom is 0.186 e. The van der Waals surface area contributed by atoms with Crippen LogP contribution in [0.4, 0.5) is 0 Å². The minimum atomic E-state index is 1.06. The van der Waals surface area contributed by atoms with Crippen molar-refractivity contribution in [1.82, 2.24) is 9.55 Å². The van der Waals surface area contributed by atoms with Crippen LogP contribution in [-0.4, -0.2) is 17.4 Å². The topological polar surface area (TPSA) is 17.8 Å². The number of nitrogens with zero attached hydrogens (tertiary/aromatic N) is 2. The van der Waals surface area contributed by atoms with E-state index in [0.29, 0.717) is 0 Å². The van der Waals surface area contributed by atoms with Gasteiger partial charge >= 0.3 is 0 Å². The molecule has 0 N–H and O–H groups in total. The number of hydrogen-bond acceptors (Lipinski definition) is 1. The van der Waals surface area contributed by atoms with Gasteiger partial charge in [-0.2, -0.15) is 0 Å². The molecule has 0 saturated carbocycles. The summed E-state index contributed by atoms with van der Waals surface area (Å²) in [5.74, 6) is 0. The molecule has 3 heteroatoms. The van der Waals surface area contributed by atoms with Gasteiger partial charge in [0.05, 0.1) is 5.72 Å². The van der Waals surface area contributed by atoms with Crippen molar-refractivity contribution in [2.45, 2.75) is 0 Å². The first-order chi connectivity index (χ1) is 3.30. The molecule has 0 bridgehead atoms. The van der Waals surface area contributed by atoms with Crippen LogP contribution in [0.25, 0.3) is 0 Å². The molecule has 1 rings (SSSR count). The number of aromatic nitrogens is 2. The highest BCUT2D eigenvalue weighted by Crippen LogP contribution is 1.69. The van der Waals surface area contributed by atoms with Crippen molar-refractivity contribution in [3.8, 4) is 0 Å². The maximum absolute atomic E-state index is 3.98. The highest BCUT2D eigenvalue weighted by atomic mass is 15.0. The van der Waals surface area contributed by atoms with Crippen molar-refractivity contribution in [2.24, 2.45) is 7.05 Å². The van der Waals surface area contributed by atoms with Gasteiger partial charge in [0.2, 0.25) is 0 Å². The van der Waals surface area contributed by atoms with E-state index in [2.05, 4.69) is 4.98 Å². The number of aryl methyl sites for hydroxylation is 1. The Morgan fingerprint density at radius 2 is 2.57 bits per heavy atom. The molecule has 0 aromatic carbocycles. The summed E-state index contributed by atoms with van der Waals surface area (Å²) >= 11 is 0. The smallest absolute Gasteiger partial charge is 0.186 e. The predicted octanol–water partition coefficient (Wildman–Crippen LogP) is -1.32. The van der Waals surface area contributed by atoms with Crippen LogP contribution in [0, 0.1) is 0 Å². The Bertz CT molecular complexity index is 142. The molecule has 0 aliphatic heterocycles. The summed E-state index contributed by atoms with van der Waals surface area (Å²) in [6, 6.07) is 0. The molecule has 1 heterocycles. The highest BCUT2D eigenvalue weighted by molar-refractivity contribution is 6.29. The largest absolute Gasteiger partial charge is 0.347 e. The molecule has 0 saturated heterocycles. The van der Waals surface area contributed by atoms with E-state index in [1.807, 2.05) is 25.7 Å². The zero-order valence-corrected chi connectivity index (χ0v) is 4.55. The highest BCUT2D eigenvalue weighted by Gasteiger charge is 1.83. The average molecular weight is 93.9 g/mol. The van der Waals surface area contributed by atoms with E-state index in [0.717, 1.165) is 5.72 Å². The lowest BCUT2D eigenvalue weighted by Gasteiger charge is -1.87. The van der Waals surface area contributed by atoms with Crippen LogP contribution in [0.5, 0.6) is 0 Å². The fourth-order valence-corrected chi connectivity index (χ4v) is 0.440. The first-order valence-electron chi connectivity index (χ1n) is 2.24. The molecule has 1 aromatic heterocycles. The maximum atomic E-state index is 3.98. The van der Waals surface area contributed by atoms with Gasteiger partial charge in [0, 0.05) is 19.4 Å². The molecule has 1 aromatic rings. The lowest BCUT2D eigenvalue weighted by Crippen LogP contribution is -2.14. The van der Waals surface area contributed by atoms with Gasteiger partial charge < -0.3 is 4.57 Å². The normalized spacial score (nSPS) is 9.29. The molecule has 0 aliphatic carbocycles. The Labute approximate surface area is 43.6 Å². The van der Waals surface area contributed by atoms with Gasteiger partial charge in [-0.1, -0.05) is 0 Å². The van der Waals surface area contributed by atoms with E-state index in [9.17, 15) is 0 Å². The Morgan fingerprint density at radius 1 is 1.86 bits per heavy atom. The molecular weight excluding hydrogens is 86.9 g/mol. The standard InChI is InChI=1S/C4H7BN2/c1-7-3-2-6-4(7)5/h2-3H,5H2,1H3. The van der Waals surface area contributed by atoms with Crippen LogP contribution in [0.3, 0.4) is 0 Å². The minimum absolute atomic E-state index is 1.06. The van der Waals surface area contributed by atoms with Gasteiger partial charge in [-0.15, -0.1) is 0 Å². The third kappa shape index (κ3) is 0.658. The van der Waals surface area contributed by atoms with E-state index in [1.54, 1.807) is 6.20 Å². The van der Waals surface area contributed by atoms with Gasteiger partial charge in [0.25, 0.3) is 0 Å². The predicted molar refractivity (Wildman–Crippen MR) is 31.4 cm³/mol. The molecule has 0 spiro atoms. The van der Waals surface area contributed by atoms with Crippen molar-refractivity contribution in [3.05, 3.63) is 12.4 Å². The minimum Gasteiger partial charge on any atom is -0.347 e. The third-order valence-electron chi connectivity index (χ3n) is 1.06. The second-order valence-electron chi connectivity index (χ2n) is 1.59. The quantitative estimate of drug-likeness (QED) is 0.364. The number of imidazole rings is 1. The molecule has 0 unspecified atom stereocenters. The molecule has 2 nitrogen and oxygen atoms in total. The van der Waals surface area contributed by atoms with Crippen LogP contribution in [0.2, 0.25) is 0 Å². The summed E-state index contributed by atoms with van der Waals surface area (Å²) < 4.78 is 1.97. The first kappa shape index (κ1) is 4.43. The van der Waals surface area contributed by atoms with Gasteiger partial charge in [0.15, 0.2) is 7.85 Å². The van der Waals surface area contributed by atoms with Gasteiger partial charge in [-0.25, -0.2) is 0 Å². The van der Waals surface area contributed by atoms with E-state index in [1.165, 1.54) is 0 Å². The van der Waals surface area contributed by atoms with E-state index >= 15 is 0 Å². The van der Waals surface area contributed by atoms with Crippen LogP contribution >= 0.6 is 0 Å². The van der Waals surface area contributed by atoms with Crippen LogP contribution < -0.4 is 5.72 Å².